The molecule has 62 valence electrons. The summed E-state index contributed by atoms with van der Waals surface area (Å²) in [5.74, 6) is 0. The molecule has 0 aromatic carbocycles. The van der Waals surface area contributed by atoms with Crippen molar-refractivity contribution in [3.8, 4) is 0 Å². The van der Waals surface area contributed by atoms with Crippen LogP contribution in [0.2, 0.25) is 20.9 Å². The van der Waals surface area contributed by atoms with Crippen molar-refractivity contribution >= 4 is 62.8 Å². The molecule has 8 heteroatoms. The van der Waals surface area contributed by atoms with Crippen LogP contribution in [0.4, 0.5) is 0 Å². The minimum absolute atomic E-state index is 0.420. The van der Waals surface area contributed by atoms with Crippen LogP contribution in [0, 0.1) is 0 Å². The maximum atomic E-state index is 2.43. The van der Waals surface area contributed by atoms with Gasteiger partial charge in [0.15, 0.2) is 0 Å². The zero-order valence-electron chi connectivity index (χ0n) is 10.7. The third-order valence-electron chi connectivity index (χ3n) is 5.83. The fourth-order valence-electron chi connectivity index (χ4n) is 3.24. The summed E-state index contributed by atoms with van der Waals surface area (Å²) in [6.45, 7) is 0. The van der Waals surface area contributed by atoms with E-state index >= 15 is 0 Å². The summed E-state index contributed by atoms with van der Waals surface area (Å²) in [6.07, 6.45) is 1.33. The van der Waals surface area contributed by atoms with Crippen LogP contribution in [-0.4, -0.2) is 62.8 Å². The van der Waals surface area contributed by atoms with Crippen molar-refractivity contribution in [3.63, 3.8) is 0 Å². The molecular formula is C5H18B8. The number of hydrogen-bond acceptors (Lipinski definition) is 0. The number of hydrogen-bond donors (Lipinski definition) is 0. The fraction of sp³-hybridized carbons (Fsp3) is 1.00. The highest BCUT2D eigenvalue weighted by Crippen LogP contribution is 2.75. The molecule has 1 rings (SSSR count). The monoisotopic (exact) mass is 166 g/mol. The normalized spacial score (nSPS) is 32.6. The van der Waals surface area contributed by atoms with Gasteiger partial charge >= 0.3 is 0 Å². The lowest BCUT2D eigenvalue weighted by Gasteiger charge is -2.49. The smallest absolute Gasteiger partial charge is 0.0980 e. The molecule has 0 radical (unpaired) electrons. The lowest BCUT2D eigenvalue weighted by Crippen LogP contribution is -2.39. The molecule has 0 aromatic rings. The highest BCUT2D eigenvalue weighted by Gasteiger charge is 2.60. The molecule has 1 aliphatic carbocycles. The molecule has 0 aromatic heterocycles. The third-order valence-corrected chi connectivity index (χ3v) is 5.83. The fourth-order valence-corrected chi connectivity index (χ4v) is 3.24. The minimum Gasteiger partial charge on any atom is -0.101 e. The van der Waals surface area contributed by atoms with Crippen molar-refractivity contribution in [1.82, 2.24) is 0 Å². The summed E-state index contributed by atoms with van der Waals surface area (Å²) in [6, 6.07) is 0. The van der Waals surface area contributed by atoms with Gasteiger partial charge in [-0.15, -0.1) is 10.4 Å². The lowest BCUT2D eigenvalue weighted by molar-refractivity contribution is 0.682. The van der Waals surface area contributed by atoms with Gasteiger partial charge in [0, 0.05) is 0 Å². The Morgan fingerprint density at radius 3 is 0.846 bits per heavy atom. The first-order valence-electron chi connectivity index (χ1n) is 5.46. The van der Waals surface area contributed by atoms with Crippen LogP contribution in [-0.2, 0) is 0 Å². The summed E-state index contributed by atoms with van der Waals surface area (Å²) in [5.41, 5.74) is 0. The molecule has 1 saturated carbocycles. The van der Waals surface area contributed by atoms with Gasteiger partial charge in [-0.05, 0) is 0 Å². The van der Waals surface area contributed by atoms with Gasteiger partial charge in [0.2, 0.25) is 0 Å². The average Bonchev–Trinajstić information content (AvgIpc) is 1.88. The van der Waals surface area contributed by atoms with E-state index in [9.17, 15) is 0 Å². The first-order chi connectivity index (χ1) is 5.46. The predicted molar refractivity (Wildman–Crippen MR) is 83.7 cm³/mol. The average molecular weight is 165 g/mol. The van der Waals surface area contributed by atoms with E-state index in [1.54, 1.807) is 0 Å². The van der Waals surface area contributed by atoms with E-state index in [1.165, 1.54) is 6.42 Å². The highest BCUT2D eigenvalue weighted by atomic mass is 14.5. The SMILES string of the molecule is BC1(B)CC(B)(B)C(B)(B)C1(B)B. The molecule has 0 saturated heterocycles. The third kappa shape index (κ3) is 1.23. The van der Waals surface area contributed by atoms with Crippen molar-refractivity contribution < 1.29 is 0 Å². The van der Waals surface area contributed by atoms with Crippen LogP contribution in [0.5, 0.6) is 0 Å². The second-order valence-corrected chi connectivity index (χ2v) is 7.19. The van der Waals surface area contributed by atoms with Crippen LogP contribution in [0.15, 0.2) is 0 Å². The summed E-state index contributed by atoms with van der Waals surface area (Å²) in [5, 5.41) is 1.76. The van der Waals surface area contributed by atoms with E-state index in [1.807, 2.05) is 0 Å². The zero-order chi connectivity index (χ0) is 10.7. The van der Waals surface area contributed by atoms with E-state index in [2.05, 4.69) is 62.8 Å². The summed E-state index contributed by atoms with van der Waals surface area (Å²) in [4.78, 5) is 0. The zero-order valence-corrected chi connectivity index (χ0v) is 10.7. The largest absolute Gasteiger partial charge is 0.101 e. The second kappa shape index (κ2) is 2.55. The topological polar surface area (TPSA) is 0 Å². The first-order valence-corrected chi connectivity index (χ1v) is 5.46. The minimum atomic E-state index is 0.420. The van der Waals surface area contributed by atoms with Crippen LogP contribution < -0.4 is 0 Å². The van der Waals surface area contributed by atoms with Crippen molar-refractivity contribution in [2.24, 2.45) is 0 Å². The van der Waals surface area contributed by atoms with Gasteiger partial charge in [0.1, 0.15) is 0 Å². The predicted octanol–water partition coefficient (Wildman–Crippen LogP) is -6.08. The Hall–Kier alpha value is 0.519. The highest BCUT2D eigenvalue weighted by molar-refractivity contribution is 6.67. The molecular weight excluding hydrogens is 147 g/mol. The maximum absolute atomic E-state index is 2.43. The molecule has 0 bridgehead atoms. The van der Waals surface area contributed by atoms with Crippen molar-refractivity contribution in [2.45, 2.75) is 27.3 Å². The van der Waals surface area contributed by atoms with Gasteiger partial charge in [-0.2, -0.15) is 0 Å². The lowest BCUT2D eigenvalue weighted by atomic mass is 9.17. The Labute approximate surface area is 90.4 Å². The first kappa shape index (κ1) is 11.6. The Balaban J connectivity index is 3.24. The van der Waals surface area contributed by atoms with E-state index in [0.29, 0.717) is 20.9 Å². The van der Waals surface area contributed by atoms with Crippen LogP contribution >= 0.6 is 0 Å². The Morgan fingerprint density at radius 2 is 0.769 bits per heavy atom. The van der Waals surface area contributed by atoms with E-state index in [4.69, 9.17) is 0 Å². The molecule has 0 nitrogen and oxygen atoms in total. The Bertz CT molecular complexity index is 205. The molecule has 1 fully saturated rings. The summed E-state index contributed by atoms with van der Waals surface area (Å²) in [7, 11) is 19.4. The maximum Gasteiger partial charge on any atom is 0.0980 e. The van der Waals surface area contributed by atoms with E-state index < -0.39 is 0 Å². The molecule has 13 heavy (non-hydrogen) atoms. The standard InChI is InChI=1S/C5H18B8/c6-2(7)1-3(8,9)5(12,13)4(2,10)11/h1,6-13H2. The molecule has 0 unspecified atom stereocenters. The Morgan fingerprint density at radius 1 is 0.538 bits per heavy atom. The van der Waals surface area contributed by atoms with Gasteiger partial charge in [0.05, 0.1) is 62.8 Å². The van der Waals surface area contributed by atoms with Gasteiger partial charge in [-0.25, -0.2) is 0 Å². The van der Waals surface area contributed by atoms with Gasteiger partial charge in [0.25, 0.3) is 0 Å². The van der Waals surface area contributed by atoms with Crippen LogP contribution in [0.3, 0.4) is 0 Å². The second-order valence-electron chi connectivity index (χ2n) is 7.19. The van der Waals surface area contributed by atoms with Gasteiger partial charge < -0.3 is 0 Å². The van der Waals surface area contributed by atoms with E-state index in [0.717, 1.165) is 0 Å². The van der Waals surface area contributed by atoms with Gasteiger partial charge in [-0.1, -0.05) is 16.8 Å². The van der Waals surface area contributed by atoms with Crippen molar-refractivity contribution in [3.05, 3.63) is 0 Å². The Kier molecular flexibility index (Phi) is 2.27. The summed E-state index contributed by atoms with van der Waals surface area (Å²) >= 11 is 0. The van der Waals surface area contributed by atoms with Crippen molar-refractivity contribution in [2.75, 3.05) is 0 Å². The molecule has 0 aliphatic heterocycles. The molecule has 0 N–H and O–H groups in total. The molecule has 0 spiro atoms. The quantitative estimate of drug-likeness (QED) is 0.313. The van der Waals surface area contributed by atoms with Gasteiger partial charge in [-0.3, -0.25) is 0 Å². The van der Waals surface area contributed by atoms with Crippen LogP contribution in [0.1, 0.15) is 6.42 Å². The van der Waals surface area contributed by atoms with Crippen LogP contribution in [0.25, 0.3) is 0 Å². The molecule has 0 heterocycles. The molecule has 1 aliphatic rings. The number of rotatable bonds is 0. The van der Waals surface area contributed by atoms with E-state index in [-0.39, 0.29) is 0 Å². The van der Waals surface area contributed by atoms with Crippen molar-refractivity contribution in [1.29, 1.82) is 0 Å². The molecule has 0 atom stereocenters. The summed E-state index contributed by atoms with van der Waals surface area (Å²) < 4.78 is 0. The molecule has 0 amide bonds.